The van der Waals surface area contributed by atoms with Gasteiger partial charge in [0, 0.05) is 45.8 Å². The highest BCUT2D eigenvalue weighted by atomic mass is 16.1. The Balaban J connectivity index is 1.32. The van der Waals surface area contributed by atoms with Crippen molar-refractivity contribution in [2.75, 3.05) is 39.3 Å². The lowest BCUT2D eigenvalue weighted by molar-refractivity contribution is -0.120. The lowest BCUT2D eigenvalue weighted by atomic mass is 10.1. The second-order valence-corrected chi connectivity index (χ2v) is 7.06. The van der Waals surface area contributed by atoms with E-state index >= 15 is 0 Å². The minimum atomic E-state index is 0.113. The summed E-state index contributed by atoms with van der Waals surface area (Å²) in [6, 6.07) is 18.7. The summed E-state index contributed by atoms with van der Waals surface area (Å²) in [5.74, 6) is 0.113. The minimum Gasteiger partial charge on any atom is -0.355 e. The molecule has 1 amide bonds. The van der Waals surface area contributed by atoms with Gasteiger partial charge in [0.15, 0.2) is 0 Å². The van der Waals surface area contributed by atoms with E-state index in [9.17, 15) is 4.79 Å². The van der Waals surface area contributed by atoms with Gasteiger partial charge in [-0.1, -0.05) is 54.6 Å². The van der Waals surface area contributed by atoms with E-state index in [0.29, 0.717) is 6.42 Å². The Morgan fingerprint density at radius 1 is 0.923 bits per heavy atom. The number of piperazine rings is 1. The Hall–Kier alpha value is -2.17. The molecule has 1 N–H and O–H groups in total. The van der Waals surface area contributed by atoms with Crippen molar-refractivity contribution in [2.45, 2.75) is 19.9 Å². The van der Waals surface area contributed by atoms with E-state index < -0.39 is 0 Å². The van der Waals surface area contributed by atoms with E-state index in [4.69, 9.17) is 0 Å². The van der Waals surface area contributed by atoms with Gasteiger partial charge in [-0.15, -0.1) is 0 Å². The van der Waals surface area contributed by atoms with Gasteiger partial charge in [-0.3, -0.25) is 14.6 Å². The van der Waals surface area contributed by atoms with Crippen LogP contribution in [0.25, 0.3) is 0 Å². The van der Waals surface area contributed by atoms with Crippen LogP contribution in [0.3, 0.4) is 0 Å². The fourth-order valence-electron chi connectivity index (χ4n) is 3.41. The van der Waals surface area contributed by atoms with Crippen LogP contribution in [0, 0.1) is 6.92 Å². The Morgan fingerprint density at radius 2 is 1.58 bits per heavy atom. The molecule has 0 unspecified atom stereocenters. The number of nitrogens with zero attached hydrogens (tertiary/aromatic N) is 2. The molecule has 0 aliphatic carbocycles. The van der Waals surface area contributed by atoms with Gasteiger partial charge in [-0.05, 0) is 23.6 Å². The summed E-state index contributed by atoms with van der Waals surface area (Å²) in [4.78, 5) is 17.1. The number of hydrogen-bond acceptors (Lipinski definition) is 3. The van der Waals surface area contributed by atoms with Crippen molar-refractivity contribution in [2.24, 2.45) is 0 Å². The highest BCUT2D eigenvalue weighted by molar-refractivity contribution is 5.78. The minimum absolute atomic E-state index is 0.113. The van der Waals surface area contributed by atoms with E-state index in [1.807, 2.05) is 18.2 Å². The maximum Gasteiger partial charge on any atom is 0.224 e. The van der Waals surface area contributed by atoms with Gasteiger partial charge in [0.25, 0.3) is 0 Å². The van der Waals surface area contributed by atoms with Gasteiger partial charge in [0.1, 0.15) is 0 Å². The van der Waals surface area contributed by atoms with Crippen molar-refractivity contribution < 1.29 is 4.79 Å². The SMILES string of the molecule is Cc1ccccc1CC(=O)NCCN1CCN(Cc2ccccc2)CC1. The fourth-order valence-corrected chi connectivity index (χ4v) is 3.41. The molecule has 26 heavy (non-hydrogen) atoms. The van der Waals surface area contributed by atoms with Crippen molar-refractivity contribution in [1.82, 2.24) is 15.1 Å². The fraction of sp³-hybridized carbons (Fsp3) is 0.409. The predicted molar refractivity (Wildman–Crippen MR) is 106 cm³/mol. The summed E-state index contributed by atoms with van der Waals surface area (Å²) in [7, 11) is 0. The number of aryl methyl sites for hydroxylation is 1. The van der Waals surface area contributed by atoms with Crippen LogP contribution in [0.15, 0.2) is 54.6 Å². The quantitative estimate of drug-likeness (QED) is 0.832. The van der Waals surface area contributed by atoms with Crippen LogP contribution in [0.1, 0.15) is 16.7 Å². The number of benzene rings is 2. The molecular formula is C22H29N3O. The maximum absolute atomic E-state index is 12.1. The first kappa shape index (κ1) is 18.6. The molecule has 1 fully saturated rings. The van der Waals surface area contributed by atoms with Gasteiger partial charge in [0.2, 0.25) is 5.91 Å². The summed E-state index contributed by atoms with van der Waals surface area (Å²) in [6.07, 6.45) is 0.470. The molecular weight excluding hydrogens is 322 g/mol. The molecule has 2 aromatic carbocycles. The highest BCUT2D eigenvalue weighted by Gasteiger charge is 2.16. The van der Waals surface area contributed by atoms with Crippen molar-refractivity contribution in [1.29, 1.82) is 0 Å². The molecule has 1 heterocycles. The number of nitrogens with one attached hydrogen (secondary N) is 1. The molecule has 3 rings (SSSR count). The first-order valence-electron chi connectivity index (χ1n) is 9.50. The third-order valence-electron chi connectivity index (χ3n) is 5.08. The monoisotopic (exact) mass is 351 g/mol. The number of rotatable bonds is 7. The van der Waals surface area contributed by atoms with Crippen LogP contribution in [-0.4, -0.2) is 55.0 Å². The Bertz CT molecular complexity index is 694. The number of hydrogen-bond donors (Lipinski definition) is 1. The number of amides is 1. The molecule has 4 nitrogen and oxygen atoms in total. The molecule has 0 spiro atoms. The molecule has 0 saturated carbocycles. The van der Waals surface area contributed by atoms with Gasteiger partial charge < -0.3 is 5.32 Å². The zero-order chi connectivity index (χ0) is 18.2. The van der Waals surface area contributed by atoms with E-state index in [1.165, 1.54) is 11.1 Å². The Morgan fingerprint density at radius 3 is 2.31 bits per heavy atom. The summed E-state index contributed by atoms with van der Waals surface area (Å²) < 4.78 is 0. The van der Waals surface area contributed by atoms with Gasteiger partial charge in [-0.2, -0.15) is 0 Å². The van der Waals surface area contributed by atoms with Gasteiger partial charge >= 0.3 is 0 Å². The Kier molecular flexibility index (Phi) is 6.81. The maximum atomic E-state index is 12.1. The van der Waals surface area contributed by atoms with Crippen LogP contribution in [0.2, 0.25) is 0 Å². The van der Waals surface area contributed by atoms with E-state index in [0.717, 1.165) is 51.4 Å². The second-order valence-electron chi connectivity index (χ2n) is 7.06. The molecule has 1 aliphatic heterocycles. The van der Waals surface area contributed by atoms with Crippen LogP contribution >= 0.6 is 0 Å². The lowest BCUT2D eigenvalue weighted by Crippen LogP contribution is -2.48. The zero-order valence-corrected chi connectivity index (χ0v) is 15.7. The molecule has 0 aromatic heterocycles. The lowest BCUT2D eigenvalue weighted by Gasteiger charge is -2.34. The first-order valence-corrected chi connectivity index (χ1v) is 9.50. The topological polar surface area (TPSA) is 35.6 Å². The van der Waals surface area contributed by atoms with Crippen LogP contribution < -0.4 is 5.32 Å². The van der Waals surface area contributed by atoms with Crippen LogP contribution in [0.5, 0.6) is 0 Å². The summed E-state index contributed by atoms with van der Waals surface area (Å²) in [6.45, 7) is 9.06. The molecule has 4 heteroatoms. The van der Waals surface area contributed by atoms with Crippen molar-refractivity contribution in [3.05, 3.63) is 71.3 Å². The highest BCUT2D eigenvalue weighted by Crippen LogP contribution is 2.09. The molecule has 0 bridgehead atoms. The molecule has 2 aromatic rings. The number of carbonyl (C=O) groups is 1. The van der Waals surface area contributed by atoms with Crippen molar-refractivity contribution in [3.63, 3.8) is 0 Å². The third kappa shape index (κ3) is 5.68. The zero-order valence-electron chi connectivity index (χ0n) is 15.7. The van der Waals surface area contributed by atoms with E-state index in [-0.39, 0.29) is 5.91 Å². The molecule has 1 saturated heterocycles. The first-order chi connectivity index (χ1) is 12.7. The van der Waals surface area contributed by atoms with Gasteiger partial charge in [-0.25, -0.2) is 0 Å². The molecule has 1 aliphatic rings. The average Bonchev–Trinajstić information content (AvgIpc) is 2.66. The Labute approximate surface area is 156 Å². The summed E-state index contributed by atoms with van der Waals surface area (Å²) in [5.41, 5.74) is 3.67. The largest absolute Gasteiger partial charge is 0.355 e. The number of carbonyl (C=O) groups excluding carboxylic acids is 1. The second kappa shape index (κ2) is 9.51. The molecule has 138 valence electrons. The summed E-state index contributed by atoms with van der Waals surface area (Å²) >= 11 is 0. The van der Waals surface area contributed by atoms with Crippen molar-refractivity contribution >= 4 is 5.91 Å². The molecule has 0 radical (unpaired) electrons. The third-order valence-corrected chi connectivity index (χ3v) is 5.08. The average molecular weight is 351 g/mol. The van der Waals surface area contributed by atoms with E-state index in [1.54, 1.807) is 0 Å². The normalized spacial score (nSPS) is 15.7. The predicted octanol–water partition coefficient (Wildman–Crippen LogP) is 2.47. The van der Waals surface area contributed by atoms with Crippen LogP contribution in [0.4, 0.5) is 0 Å². The van der Waals surface area contributed by atoms with Crippen molar-refractivity contribution in [3.8, 4) is 0 Å². The van der Waals surface area contributed by atoms with Crippen LogP contribution in [-0.2, 0) is 17.8 Å². The van der Waals surface area contributed by atoms with Gasteiger partial charge in [0.05, 0.1) is 6.42 Å². The summed E-state index contributed by atoms with van der Waals surface area (Å²) in [5, 5.41) is 3.06. The van der Waals surface area contributed by atoms with E-state index in [2.05, 4.69) is 58.4 Å². The standard InChI is InChI=1S/C22H29N3O/c1-19-7-5-6-10-21(19)17-22(26)23-11-12-24-13-15-25(16-14-24)18-20-8-3-2-4-9-20/h2-10H,11-18H2,1H3,(H,23,26). The molecule has 0 atom stereocenters. The smallest absolute Gasteiger partial charge is 0.224 e.